The Morgan fingerprint density at radius 1 is 1.56 bits per heavy atom. The third kappa shape index (κ3) is 2.85. The van der Waals surface area contributed by atoms with E-state index in [0.717, 1.165) is 18.8 Å². The van der Waals surface area contributed by atoms with Gasteiger partial charge < -0.3 is 10.3 Å². The van der Waals surface area contributed by atoms with Crippen molar-refractivity contribution in [2.75, 3.05) is 6.54 Å². The van der Waals surface area contributed by atoms with Crippen molar-refractivity contribution in [3.63, 3.8) is 0 Å². The first-order valence-corrected chi connectivity index (χ1v) is 6.40. The number of H-pyrrole nitrogens is 1. The minimum Gasteiger partial charge on any atom is -0.349 e. The SMILES string of the molecule is CC1(C)CCCC1NCCCc1ncc[nH]1. The van der Waals surface area contributed by atoms with E-state index in [9.17, 15) is 0 Å². The van der Waals surface area contributed by atoms with E-state index in [1.54, 1.807) is 0 Å². The average Bonchev–Trinajstić information content (AvgIpc) is 2.83. The quantitative estimate of drug-likeness (QED) is 0.750. The third-order valence-corrected chi connectivity index (χ3v) is 3.79. The number of aromatic amines is 1. The van der Waals surface area contributed by atoms with Crippen molar-refractivity contribution in [1.82, 2.24) is 15.3 Å². The molecule has 1 aromatic heterocycles. The highest BCUT2D eigenvalue weighted by atomic mass is 14.9. The van der Waals surface area contributed by atoms with E-state index in [2.05, 4.69) is 29.1 Å². The second-order valence-corrected chi connectivity index (χ2v) is 5.53. The first-order chi connectivity index (χ1) is 7.68. The Labute approximate surface area is 98.1 Å². The van der Waals surface area contributed by atoms with Gasteiger partial charge in [0, 0.05) is 24.9 Å². The summed E-state index contributed by atoms with van der Waals surface area (Å²) in [5, 5.41) is 3.69. The van der Waals surface area contributed by atoms with Crippen molar-refractivity contribution < 1.29 is 0 Å². The lowest BCUT2D eigenvalue weighted by Gasteiger charge is -2.27. The normalized spacial score (nSPS) is 23.8. The molecule has 0 saturated heterocycles. The molecule has 1 heterocycles. The standard InChI is InChI=1S/C13H23N3/c1-13(2)7-3-5-11(13)14-8-4-6-12-15-9-10-16-12/h9-11,14H,3-8H2,1-2H3,(H,15,16). The number of hydrogen-bond donors (Lipinski definition) is 2. The summed E-state index contributed by atoms with van der Waals surface area (Å²) >= 11 is 0. The van der Waals surface area contributed by atoms with Gasteiger partial charge in [-0.05, 0) is 31.2 Å². The van der Waals surface area contributed by atoms with Gasteiger partial charge in [-0.2, -0.15) is 0 Å². The molecular weight excluding hydrogens is 198 g/mol. The van der Waals surface area contributed by atoms with Gasteiger partial charge in [-0.3, -0.25) is 0 Å². The van der Waals surface area contributed by atoms with E-state index in [-0.39, 0.29) is 0 Å². The summed E-state index contributed by atoms with van der Waals surface area (Å²) in [4.78, 5) is 7.37. The van der Waals surface area contributed by atoms with Crippen molar-refractivity contribution >= 4 is 0 Å². The summed E-state index contributed by atoms with van der Waals surface area (Å²) < 4.78 is 0. The molecule has 1 aromatic rings. The molecule has 0 amide bonds. The van der Waals surface area contributed by atoms with Crippen LogP contribution in [0.25, 0.3) is 0 Å². The number of rotatable bonds is 5. The number of nitrogens with zero attached hydrogens (tertiary/aromatic N) is 1. The number of imidazole rings is 1. The largest absolute Gasteiger partial charge is 0.349 e. The molecule has 0 aromatic carbocycles. The summed E-state index contributed by atoms with van der Waals surface area (Å²) in [6.07, 6.45) is 10.0. The van der Waals surface area contributed by atoms with Crippen LogP contribution >= 0.6 is 0 Å². The molecule has 0 radical (unpaired) electrons. The van der Waals surface area contributed by atoms with E-state index in [4.69, 9.17) is 0 Å². The maximum absolute atomic E-state index is 4.23. The molecule has 1 atom stereocenters. The van der Waals surface area contributed by atoms with Gasteiger partial charge in [0.15, 0.2) is 0 Å². The van der Waals surface area contributed by atoms with E-state index in [1.807, 2.05) is 12.4 Å². The van der Waals surface area contributed by atoms with Crippen LogP contribution in [-0.2, 0) is 6.42 Å². The summed E-state index contributed by atoms with van der Waals surface area (Å²) in [6.45, 7) is 5.86. The fourth-order valence-corrected chi connectivity index (χ4v) is 2.67. The minimum absolute atomic E-state index is 0.491. The highest BCUT2D eigenvalue weighted by molar-refractivity contribution is 4.91. The maximum Gasteiger partial charge on any atom is 0.106 e. The second kappa shape index (κ2) is 5.00. The molecule has 2 N–H and O–H groups in total. The van der Waals surface area contributed by atoms with E-state index >= 15 is 0 Å². The fraction of sp³-hybridized carbons (Fsp3) is 0.769. The third-order valence-electron chi connectivity index (χ3n) is 3.79. The molecule has 1 fully saturated rings. The molecule has 1 aliphatic rings. The predicted octanol–water partition coefficient (Wildman–Crippen LogP) is 2.51. The molecule has 1 aliphatic carbocycles. The maximum atomic E-state index is 4.23. The number of aryl methyl sites for hydroxylation is 1. The van der Waals surface area contributed by atoms with Gasteiger partial charge in [0.05, 0.1) is 0 Å². The predicted molar refractivity (Wildman–Crippen MR) is 66.3 cm³/mol. The van der Waals surface area contributed by atoms with E-state index < -0.39 is 0 Å². The number of nitrogens with one attached hydrogen (secondary N) is 2. The van der Waals surface area contributed by atoms with Gasteiger partial charge in [0.1, 0.15) is 5.82 Å². The first-order valence-electron chi connectivity index (χ1n) is 6.40. The van der Waals surface area contributed by atoms with Crippen LogP contribution in [0.15, 0.2) is 12.4 Å². The number of hydrogen-bond acceptors (Lipinski definition) is 2. The summed E-state index contributed by atoms with van der Waals surface area (Å²) in [7, 11) is 0. The van der Waals surface area contributed by atoms with Crippen LogP contribution in [0.2, 0.25) is 0 Å². The Balaban J connectivity index is 1.65. The van der Waals surface area contributed by atoms with Gasteiger partial charge in [-0.25, -0.2) is 4.98 Å². The molecule has 16 heavy (non-hydrogen) atoms. The monoisotopic (exact) mass is 221 g/mol. The van der Waals surface area contributed by atoms with Gasteiger partial charge in [-0.15, -0.1) is 0 Å². The highest BCUT2D eigenvalue weighted by Gasteiger charge is 2.33. The first kappa shape index (κ1) is 11.6. The molecule has 1 saturated carbocycles. The summed E-state index contributed by atoms with van der Waals surface area (Å²) in [6, 6.07) is 0.712. The Bertz CT molecular complexity index is 303. The lowest BCUT2D eigenvalue weighted by Crippen LogP contribution is -2.38. The fourth-order valence-electron chi connectivity index (χ4n) is 2.67. The zero-order valence-electron chi connectivity index (χ0n) is 10.4. The molecule has 90 valence electrons. The second-order valence-electron chi connectivity index (χ2n) is 5.53. The Morgan fingerprint density at radius 3 is 3.06 bits per heavy atom. The lowest BCUT2D eigenvalue weighted by atomic mass is 9.87. The molecule has 1 unspecified atom stereocenters. The molecule has 2 rings (SSSR count). The van der Waals surface area contributed by atoms with Crippen molar-refractivity contribution in [2.45, 2.75) is 52.0 Å². The van der Waals surface area contributed by atoms with Crippen LogP contribution in [0.5, 0.6) is 0 Å². The van der Waals surface area contributed by atoms with Gasteiger partial charge in [0.25, 0.3) is 0 Å². The van der Waals surface area contributed by atoms with Crippen LogP contribution in [0.1, 0.15) is 45.4 Å². The smallest absolute Gasteiger partial charge is 0.106 e. The molecule has 3 nitrogen and oxygen atoms in total. The highest BCUT2D eigenvalue weighted by Crippen LogP contribution is 2.36. The van der Waals surface area contributed by atoms with Crippen molar-refractivity contribution in [3.05, 3.63) is 18.2 Å². The average molecular weight is 221 g/mol. The van der Waals surface area contributed by atoms with Gasteiger partial charge >= 0.3 is 0 Å². The van der Waals surface area contributed by atoms with Crippen LogP contribution in [0.4, 0.5) is 0 Å². The molecular formula is C13H23N3. The van der Waals surface area contributed by atoms with Crippen LogP contribution in [0.3, 0.4) is 0 Å². The van der Waals surface area contributed by atoms with E-state index in [1.165, 1.54) is 25.7 Å². The van der Waals surface area contributed by atoms with Crippen LogP contribution < -0.4 is 5.32 Å². The van der Waals surface area contributed by atoms with Crippen molar-refractivity contribution in [1.29, 1.82) is 0 Å². The van der Waals surface area contributed by atoms with Crippen molar-refractivity contribution in [3.8, 4) is 0 Å². The van der Waals surface area contributed by atoms with Crippen molar-refractivity contribution in [2.24, 2.45) is 5.41 Å². The minimum atomic E-state index is 0.491. The Hall–Kier alpha value is -0.830. The van der Waals surface area contributed by atoms with Crippen LogP contribution in [-0.4, -0.2) is 22.6 Å². The zero-order chi connectivity index (χ0) is 11.4. The molecule has 0 spiro atoms. The Kier molecular flexibility index (Phi) is 3.64. The summed E-state index contributed by atoms with van der Waals surface area (Å²) in [5.74, 6) is 1.10. The molecule has 3 heteroatoms. The number of aromatic nitrogens is 2. The van der Waals surface area contributed by atoms with Gasteiger partial charge in [-0.1, -0.05) is 20.3 Å². The lowest BCUT2D eigenvalue weighted by molar-refractivity contribution is 0.283. The molecule has 0 bridgehead atoms. The van der Waals surface area contributed by atoms with Gasteiger partial charge in [0.2, 0.25) is 0 Å². The molecule has 0 aliphatic heterocycles. The van der Waals surface area contributed by atoms with E-state index in [0.29, 0.717) is 11.5 Å². The zero-order valence-corrected chi connectivity index (χ0v) is 10.4. The summed E-state index contributed by atoms with van der Waals surface area (Å²) in [5.41, 5.74) is 0.491. The topological polar surface area (TPSA) is 40.7 Å². The Morgan fingerprint density at radius 2 is 2.44 bits per heavy atom. The van der Waals surface area contributed by atoms with Crippen LogP contribution in [0, 0.1) is 5.41 Å².